The fourth-order valence-electron chi connectivity index (χ4n) is 2.33. The Morgan fingerprint density at radius 3 is 2.58 bits per heavy atom. The molecule has 0 fully saturated rings. The van der Waals surface area contributed by atoms with Gasteiger partial charge >= 0.3 is 11.9 Å². The molecule has 5 nitrogen and oxygen atoms in total. The molecular formula is C18H12O5S. The fourth-order valence-corrected chi connectivity index (χ4v) is 2.95. The second-order valence-electron chi connectivity index (χ2n) is 5.06. The van der Waals surface area contributed by atoms with Gasteiger partial charge in [-0.05, 0) is 52.8 Å². The first-order valence-corrected chi connectivity index (χ1v) is 8.00. The lowest BCUT2D eigenvalue weighted by Gasteiger charge is -2.13. The van der Waals surface area contributed by atoms with Gasteiger partial charge in [0.05, 0.1) is 11.1 Å². The molecule has 1 aliphatic carbocycles. The highest BCUT2D eigenvalue weighted by atomic mass is 32.1. The standard InChI is InChI=1S/C18H12O5S/c19-15-5-6-16(14(15)9-11-7-8-24-10-11)23-18(22)13-4-2-1-3-12(13)17(20)21/h1-10,16H,(H,20,21)/b14-9+. The van der Waals surface area contributed by atoms with Gasteiger partial charge in [-0.15, -0.1) is 0 Å². The van der Waals surface area contributed by atoms with Crippen LogP contribution in [0.25, 0.3) is 6.08 Å². The molecule has 0 aliphatic heterocycles. The summed E-state index contributed by atoms with van der Waals surface area (Å²) in [4.78, 5) is 35.5. The van der Waals surface area contributed by atoms with Crippen molar-refractivity contribution in [1.82, 2.24) is 0 Å². The molecule has 24 heavy (non-hydrogen) atoms. The van der Waals surface area contributed by atoms with Gasteiger partial charge in [0, 0.05) is 5.57 Å². The molecular weight excluding hydrogens is 328 g/mol. The molecule has 0 saturated carbocycles. The number of carboxylic acids is 1. The highest BCUT2D eigenvalue weighted by molar-refractivity contribution is 7.08. The van der Waals surface area contributed by atoms with Crippen LogP contribution >= 0.6 is 11.3 Å². The van der Waals surface area contributed by atoms with Crippen LogP contribution < -0.4 is 0 Å². The summed E-state index contributed by atoms with van der Waals surface area (Å²) in [6.07, 6.45) is 3.67. The first kappa shape index (κ1) is 15.9. The topological polar surface area (TPSA) is 80.7 Å². The number of ketones is 1. The van der Waals surface area contributed by atoms with Gasteiger partial charge < -0.3 is 9.84 Å². The third kappa shape index (κ3) is 3.18. The number of carbonyl (C=O) groups is 3. The van der Waals surface area contributed by atoms with E-state index in [1.807, 2.05) is 16.8 Å². The van der Waals surface area contributed by atoms with E-state index in [0.717, 1.165) is 5.56 Å². The van der Waals surface area contributed by atoms with Crippen LogP contribution in [-0.4, -0.2) is 28.9 Å². The lowest BCUT2D eigenvalue weighted by Crippen LogP contribution is -2.20. The number of benzene rings is 1. The van der Waals surface area contributed by atoms with E-state index in [1.165, 1.54) is 41.7 Å². The fraction of sp³-hybridized carbons (Fsp3) is 0.0556. The van der Waals surface area contributed by atoms with Crippen molar-refractivity contribution in [3.8, 4) is 0 Å². The van der Waals surface area contributed by atoms with Gasteiger partial charge in [-0.3, -0.25) is 4.79 Å². The summed E-state index contributed by atoms with van der Waals surface area (Å²) in [5, 5.41) is 12.9. The number of hydrogen-bond acceptors (Lipinski definition) is 5. The lowest BCUT2D eigenvalue weighted by atomic mass is 10.1. The van der Waals surface area contributed by atoms with Crippen molar-refractivity contribution in [1.29, 1.82) is 0 Å². The molecule has 0 saturated heterocycles. The summed E-state index contributed by atoms with van der Waals surface area (Å²) < 4.78 is 5.35. The van der Waals surface area contributed by atoms with E-state index in [1.54, 1.807) is 12.1 Å². The van der Waals surface area contributed by atoms with Gasteiger partial charge in [-0.1, -0.05) is 12.1 Å². The number of thiophene rings is 1. The first-order chi connectivity index (χ1) is 11.6. The molecule has 1 N–H and O–H groups in total. The van der Waals surface area contributed by atoms with E-state index in [4.69, 9.17) is 9.84 Å². The molecule has 2 aromatic rings. The zero-order valence-electron chi connectivity index (χ0n) is 12.3. The van der Waals surface area contributed by atoms with Crippen molar-refractivity contribution in [3.63, 3.8) is 0 Å². The summed E-state index contributed by atoms with van der Waals surface area (Å²) in [5.41, 5.74) is 1.00. The number of allylic oxidation sites excluding steroid dienone is 1. The van der Waals surface area contributed by atoms with Crippen molar-refractivity contribution in [3.05, 3.63) is 75.5 Å². The number of rotatable bonds is 4. The molecule has 3 rings (SSSR count). The molecule has 120 valence electrons. The van der Waals surface area contributed by atoms with Crippen LogP contribution in [0.1, 0.15) is 26.3 Å². The SMILES string of the molecule is O=C1C=CC(OC(=O)c2ccccc2C(=O)O)/C1=C/c1ccsc1. The number of aromatic carboxylic acids is 1. The Morgan fingerprint density at radius 1 is 1.17 bits per heavy atom. The molecule has 6 heteroatoms. The van der Waals surface area contributed by atoms with Gasteiger partial charge in [0.1, 0.15) is 6.10 Å². The predicted octanol–water partition coefficient (Wildman–Crippen LogP) is 3.19. The Bertz CT molecular complexity index is 861. The summed E-state index contributed by atoms with van der Waals surface area (Å²) >= 11 is 1.49. The van der Waals surface area contributed by atoms with E-state index >= 15 is 0 Å². The molecule has 0 radical (unpaired) electrons. The maximum absolute atomic E-state index is 12.3. The van der Waals surface area contributed by atoms with E-state index in [2.05, 4.69) is 0 Å². The average Bonchev–Trinajstić information content (AvgIpc) is 3.20. The second-order valence-corrected chi connectivity index (χ2v) is 5.84. The Morgan fingerprint density at radius 2 is 1.92 bits per heavy atom. The Labute approximate surface area is 141 Å². The van der Waals surface area contributed by atoms with E-state index in [-0.39, 0.29) is 16.9 Å². The van der Waals surface area contributed by atoms with Crippen molar-refractivity contribution < 1.29 is 24.2 Å². The van der Waals surface area contributed by atoms with Gasteiger partial charge in [0.25, 0.3) is 0 Å². The van der Waals surface area contributed by atoms with E-state index in [0.29, 0.717) is 5.57 Å². The monoisotopic (exact) mass is 340 g/mol. The molecule has 1 heterocycles. The maximum Gasteiger partial charge on any atom is 0.339 e. The minimum Gasteiger partial charge on any atom is -0.478 e. The second kappa shape index (κ2) is 6.64. The van der Waals surface area contributed by atoms with Crippen LogP contribution in [0.4, 0.5) is 0 Å². The molecule has 1 aromatic heterocycles. The van der Waals surface area contributed by atoms with Crippen molar-refractivity contribution >= 4 is 35.1 Å². The molecule has 0 bridgehead atoms. The largest absolute Gasteiger partial charge is 0.478 e. The lowest BCUT2D eigenvalue weighted by molar-refractivity contribution is -0.111. The average molecular weight is 340 g/mol. The third-order valence-electron chi connectivity index (χ3n) is 3.49. The summed E-state index contributed by atoms with van der Waals surface area (Å²) in [5.74, 6) is -2.23. The Balaban J connectivity index is 1.85. The van der Waals surface area contributed by atoms with E-state index < -0.39 is 18.0 Å². The van der Waals surface area contributed by atoms with Crippen molar-refractivity contribution in [2.75, 3.05) is 0 Å². The minimum atomic E-state index is -1.21. The zero-order valence-corrected chi connectivity index (χ0v) is 13.2. The molecule has 1 atom stereocenters. The number of carboxylic acid groups (broad SMARTS) is 1. The third-order valence-corrected chi connectivity index (χ3v) is 4.19. The van der Waals surface area contributed by atoms with Crippen LogP contribution in [0, 0.1) is 0 Å². The van der Waals surface area contributed by atoms with Crippen LogP contribution in [-0.2, 0) is 9.53 Å². The zero-order chi connectivity index (χ0) is 17.1. The minimum absolute atomic E-state index is 0.0485. The van der Waals surface area contributed by atoms with Gasteiger partial charge in [-0.2, -0.15) is 11.3 Å². The Kier molecular flexibility index (Phi) is 4.39. The predicted molar refractivity (Wildman–Crippen MR) is 89.0 cm³/mol. The number of ether oxygens (including phenoxy) is 1. The quantitative estimate of drug-likeness (QED) is 0.683. The number of carbonyl (C=O) groups excluding carboxylic acids is 2. The van der Waals surface area contributed by atoms with Crippen LogP contribution in [0.2, 0.25) is 0 Å². The highest BCUT2D eigenvalue weighted by Crippen LogP contribution is 2.23. The molecule has 1 aliphatic rings. The van der Waals surface area contributed by atoms with Crippen molar-refractivity contribution in [2.24, 2.45) is 0 Å². The van der Waals surface area contributed by atoms with Crippen LogP contribution in [0.5, 0.6) is 0 Å². The van der Waals surface area contributed by atoms with Crippen LogP contribution in [0.3, 0.4) is 0 Å². The summed E-state index contributed by atoms with van der Waals surface area (Å²) in [6, 6.07) is 7.65. The first-order valence-electron chi connectivity index (χ1n) is 7.06. The number of hydrogen-bond donors (Lipinski definition) is 1. The van der Waals surface area contributed by atoms with E-state index in [9.17, 15) is 14.4 Å². The molecule has 0 spiro atoms. The van der Waals surface area contributed by atoms with Gasteiger partial charge in [0.15, 0.2) is 5.78 Å². The summed E-state index contributed by atoms with van der Waals surface area (Å²) in [6.45, 7) is 0. The van der Waals surface area contributed by atoms with Crippen molar-refractivity contribution in [2.45, 2.75) is 6.10 Å². The normalized spacial score (nSPS) is 18.1. The molecule has 1 unspecified atom stereocenters. The molecule has 1 aromatic carbocycles. The Hall–Kier alpha value is -2.99. The van der Waals surface area contributed by atoms with Gasteiger partial charge in [-0.25, -0.2) is 9.59 Å². The highest BCUT2D eigenvalue weighted by Gasteiger charge is 2.28. The van der Waals surface area contributed by atoms with Crippen LogP contribution in [0.15, 0.2) is 58.8 Å². The number of esters is 1. The molecule has 0 amide bonds. The summed E-state index contributed by atoms with van der Waals surface area (Å²) in [7, 11) is 0. The van der Waals surface area contributed by atoms with Gasteiger partial charge in [0.2, 0.25) is 0 Å². The smallest absolute Gasteiger partial charge is 0.339 e. The maximum atomic E-state index is 12.3.